The summed E-state index contributed by atoms with van der Waals surface area (Å²) in [5.41, 5.74) is 1.59. The number of fused-ring (bicyclic) bond motifs is 1. The third-order valence-corrected chi connectivity index (χ3v) is 5.01. The zero-order valence-electron chi connectivity index (χ0n) is 18.0. The lowest BCUT2D eigenvalue weighted by Gasteiger charge is -2.13. The Labute approximate surface area is 199 Å². The fraction of sp³-hybridized carbons (Fsp3) is 0.571. The van der Waals surface area contributed by atoms with E-state index in [0.717, 1.165) is 43.0 Å². The van der Waals surface area contributed by atoms with E-state index in [1.807, 2.05) is 19.9 Å². The van der Waals surface area contributed by atoms with Crippen molar-refractivity contribution in [2.24, 2.45) is 4.99 Å². The Morgan fingerprint density at radius 3 is 2.84 bits per heavy atom. The number of aryl methyl sites for hydroxylation is 2. The molecular weight excluding hydrogens is 517 g/mol. The highest BCUT2D eigenvalue weighted by atomic mass is 127. The van der Waals surface area contributed by atoms with Crippen LogP contribution in [0.3, 0.4) is 0 Å². The number of aliphatic imine (C=N–C) groups is 1. The predicted octanol–water partition coefficient (Wildman–Crippen LogP) is 3.83. The van der Waals surface area contributed by atoms with Crippen LogP contribution >= 0.6 is 24.0 Å². The van der Waals surface area contributed by atoms with Gasteiger partial charge in [0.2, 0.25) is 0 Å². The summed E-state index contributed by atoms with van der Waals surface area (Å²) >= 11 is 0. The van der Waals surface area contributed by atoms with Gasteiger partial charge in [-0.1, -0.05) is 24.1 Å². The van der Waals surface area contributed by atoms with E-state index in [-0.39, 0.29) is 36.3 Å². The Balaban J connectivity index is 0.00000341. The molecule has 10 heteroatoms. The monoisotopic (exact) mass is 548 g/mol. The Hall–Kier alpha value is -1.98. The third kappa shape index (κ3) is 7.58. The zero-order chi connectivity index (χ0) is 21.3. The van der Waals surface area contributed by atoms with E-state index >= 15 is 0 Å². The van der Waals surface area contributed by atoms with Crippen LogP contribution in [0.5, 0.6) is 5.75 Å². The third-order valence-electron chi connectivity index (χ3n) is 5.01. The standard InChI is InChI=1S/C21H30F2N6O.HI/c1-3-24-21(26-14-16-13-15(2)8-9-17(16)30-20(22)23)25-11-10-19-28-27-18-7-5-4-6-12-29(18)19;/h8-9,13,20H,3-7,10-12,14H2,1-2H3,(H2,24,25,26);1H. The molecule has 0 atom stereocenters. The molecule has 3 rings (SSSR count). The van der Waals surface area contributed by atoms with Crippen molar-refractivity contribution in [2.45, 2.75) is 65.7 Å². The Bertz CT molecular complexity index is 858. The van der Waals surface area contributed by atoms with Crippen LogP contribution in [0.4, 0.5) is 8.78 Å². The highest BCUT2D eigenvalue weighted by Gasteiger charge is 2.14. The van der Waals surface area contributed by atoms with Crippen LogP contribution in [0.15, 0.2) is 23.2 Å². The molecule has 1 aromatic heterocycles. The number of aromatic nitrogens is 3. The van der Waals surface area contributed by atoms with Crippen LogP contribution in [0.2, 0.25) is 0 Å². The van der Waals surface area contributed by atoms with Crippen LogP contribution in [-0.2, 0) is 25.9 Å². The summed E-state index contributed by atoms with van der Waals surface area (Å²) in [4.78, 5) is 4.54. The first-order chi connectivity index (χ1) is 14.6. The molecule has 0 spiro atoms. The summed E-state index contributed by atoms with van der Waals surface area (Å²) in [5, 5.41) is 15.2. The van der Waals surface area contributed by atoms with E-state index in [0.29, 0.717) is 24.6 Å². The SMILES string of the molecule is CCNC(=NCc1cc(C)ccc1OC(F)F)NCCc1nnc2n1CCCCC2.I. The Kier molecular flexibility index (Phi) is 10.4. The van der Waals surface area contributed by atoms with Gasteiger partial charge in [-0.05, 0) is 32.8 Å². The number of hydrogen-bond donors (Lipinski definition) is 2. The van der Waals surface area contributed by atoms with E-state index in [9.17, 15) is 8.78 Å². The topological polar surface area (TPSA) is 76.4 Å². The molecule has 0 aliphatic carbocycles. The van der Waals surface area contributed by atoms with Gasteiger partial charge in [-0.2, -0.15) is 8.78 Å². The van der Waals surface area contributed by atoms with Crippen molar-refractivity contribution in [3.05, 3.63) is 41.0 Å². The Morgan fingerprint density at radius 2 is 2.06 bits per heavy atom. The minimum atomic E-state index is -2.86. The van der Waals surface area contributed by atoms with Gasteiger partial charge in [-0.15, -0.1) is 34.2 Å². The second-order valence-corrected chi connectivity index (χ2v) is 7.36. The van der Waals surface area contributed by atoms with Gasteiger partial charge in [0.05, 0.1) is 6.54 Å². The van der Waals surface area contributed by atoms with Crippen molar-refractivity contribution in [3.8, 4) is 5.75 Å². The first kappa shape index (κ1) is 25.3. The molecule has 2 N–H and O–H groups in total. The number of ether oxygens (including phenoxy) is 1. The molecule has 1 aliphatic heterocycles. The van der Waals surface area contributed by atoms with Gasteiger partial charge in [-0.25, -0.2) is 4.99 Å². The van der Waals surface area contributed by atoms with Crippen molar-refractivity contribution < 1.29 is 13.5 Å². The predicted molar refractivity (Wildman–Crippen MR) is 127 cm³/mol. The normalized spacial score (nSPS) is 13.9. The summed E-state index contributed by atoms with van der Waals surface area (Å²) in [6.07, 6.45) is 5.29. The molecule has 31 heavy (non-hydrogen) atoms. The maximum absolute atomic E-state index is 12.7. The molecule has 1 aromatic carbocycles. The number of alkyl halides is 2. The van der Waals surface area contributed by atoms with Crippen molar-refractivity contribution in [1.29, 1.82) is 0 Å². The first-order valence-electron chi connectivity index (χ1n) is 10.5. The van der Waals surface area contributed by atoms with Crippen LogP contribution in [0, 0.1) is 6.92 Å². The van der Waals surface area contributed by atoms with Gasteiger partial charge in [-0.3, -0.25) is 0 Å². The minimum Gasteiger partial charge on any atom is -0.434 e. The quantitative estimate of drug-likeness (QED) is 0.298. The van der Waals surface area contributed by atoms with Gasteiger partial charge in [0.25, 0.3) is 0 Å². The molecule has 0 bridgehead atoms. The van der Waals surface area contributed by atoms with Gasteiger partial charge in [0, 0.05) is 38.0 Å². The van der Waals surface area contributed by atoms with Crippen LogP contribution in [-0.4, -0.2) is 40.4 Å². The lowest BCUT2D eigenvalue weighted by atomic mass is 10.1. The number of nitrogens with zero attached hydrogens (tertiary/aromatic N) is 4. The highest BCUT2D eigenvalue weighted by Crippen LogP contribution is 2.23. The summed E-state index contributed by atoms with van der Waals surface area (Å²) in [6.45, 7) is 3.59. The maximum atomic E-state index is 12.7. The average Bonchev–Trinajstić information content (AvgIpc) is 2.93. The number of hydrogen-bond acceptors (Lipinski definition) is 4. The van der Waals surface area contributed by atoms with Crippen molar-refractivity contribution in [1.82, 2.24) is 25.4 Å². The number of guanidine groups is 1. The van der Waals surface area contributed by atoms with Crippen molar-refractivity contribution in [3.63, 3.8) is 0 Å². The lowest BCUT2D eigenvalue weighted by molar-refractivity contribution is -0.0504. The molecule has 0 unspecified atom stereocenters. The molecule has 2 heterocycles. The summed E-state index contributed by atoms with van der Waals surface area (Å²) in [5.74, 6) is 2.84. The summed E-state index contributed by atoms with van der Waals surface area (Å²) < 4.78 is 32.2. The van der Waals surface area contributed by atoms with Crippen molar-refractivity contribution >= 4 is 29.9 Å². The molecule has 0 radical (unpaired) electrons. The maximum Gasteiger partial charge on any atom is 0.387 e. The second kappa shape index (κ2) is 12.8. The van der Waals surface area contributed by atoms with E-state index < -0.39 is 6.61 Å². The van der Waals surface area contributed by atoms with Gasteiger partial charge >= 0.3 is 6.61 Å². The highest BCUT2D eigenvalue weighted by molar-refractivity contribution is 14.0. The summed E-state index contributed by atoms with van der Waals surface area (Å²) in [7, 11) is 0. The van der Waals surface area contributed by atoms with E-state index in [1.54, 1.807) is 12.1 Å². The second-order valence-electron chi connectivity index (χ2n) is 7.36. The molecule has 0 saturated carbocycles. The summed E-state index contributed by atoms with van der Waals surface area (Å²) in [6, 6.07) is 5.12. The molecule has 7 nitrogen and oxygen atoms in total. The Morgan fingerprint density at radius 1 is 1.23 bits per heavy atom. The molecule has 0 amide bonds. The number of benzene rings is 1. The minimum absolute atomic E-state index is 0. The largest absolute Gasteiger partial charge is 0.434 e. The molecular formula is C21H31F2IN6O. The lowest BCUT2D eigenvalue weighted by Crippen LogP contribution is -2.38. The molecule has 172 valence electrons. The van der Waals surface area contributed by atoms with Crippen molar-refractivity contribution in [2.75, 3.05) is 13.1 Å². The number of nitrogens with one attached hydrogen (secondary N) is 2. The van der Waals surface area contributed by atoms with Crippen LogP contribution in [0.25, 0.3) is 0 Å². The van der Waals surface area contributed by atoms with E-state index in [1.165, 1.54) is 12.8 Å². The molecule has 2 aromatic rings. The van der Waals surface area contributed by atoms with E-state index in [2.05, 4.69) is 35.1 Å². The van der Waals surface area contributed by atoms with Gasteiger partial charge < -0.3 is 19.9 Å². The zero-order valence-corrected chi connectivity index (χ0v) is 20.4. The van der Waals surface area contributed by atoms with Crippen LogP contribution in [0.1, 0.15) is 49.0 Å². The molecule has 0 fully saturated rings. The van der Waals surface area contributed by atoms with Crippen LogP contribution < -0.4 is 15.4 Å². The number of rotatable bonds is 8. The smallest absolute Gasteiger partial charge is 0.387 e. The molecule has 1 aliphatic rings. The average molecular weight is 548 g/mol. The number of halogens is 3. The van der Waals surface area contributed by atoms with E-state index in [4.69, 9.17) is 0 Å². The van der Waals surface area contributed by atoms with Gasteiger partial charge in [0.15, 0.2) is 5.96 Å². The molecule has 0 saturated heterocycles. The fourth-order valence-electron chi connectivity index (χ4n) is 3.57. The first-order valence-corrected chi connectivity index (χ1v) is 10.5. The van der Waals surface area contributed by atoms with Gasteiger partial charge in [0.1, 0.15) is 17.4 Å². The fourth-order valence-corrected chi connectivity index (χ4v) is 3.57.